The van der Waals surface area contributed by atoms with Gasteiger partial charge in [-0.3, -0.25) is 9.10 Å². The molecular formula is C23H21F3N2O4S. The summed E-state index contributed by atoms with van der Waals surface area (Å²) in [5.41, 5.74) is -0.488. The van der Waals surface area contributed by atoms with Crippen molar-refractivity contribution in [2.45, 2.75) is 18.0 Å². The van der Waals surface area contributed by atoms with Crippen molar-refractivity contribution < 1.29 is 31.1 Å². The molecule has 0 saturated heterocycles. The molecule has 0 unspecified atom stereocenters. The molecule has 0 spiro atoms. The fourth-order valence-corrected chi connectivity index (χ4v) is 4.41. The van der Waals surface area contributed by atoms with E-state index >= 15 is 0 Å². The Labute approximate surface area is 189 Å². The fraction of sp³-hybridized carbons (Fsp3) is 0.174. The number of halogens is 3. The standard InChI is InChI=1S/C23H21F3N2O4S/c1-2-32-20-12-14-21(15-13-20)33(30,31)28(19-6-4-3-5-7-19)16-22(29)27-18-10-8-17(9-11-18)23(24,25)26/h3-15H,2,16H2,1H3,(H,27,29). The lowest BCUT2D eigenvalue weighted by molar-refractivity contribution is -0.137. The predicted molar refractivity (Wildman–Crippen MR) is 119 cm³/mol. The van der Waals surface area contributed by atoms with Gasteiger partial charge in [0.2, 0.25) is 5.91 Å². The van der Waals surface area contributed by atoms with Gasteiger partial charge in [0.15, 0.2) is 0 Å². The van der Waals surface area contributed by atoms with Gasteiger partial charge < -0.3 is 10.1 Å². The van der Waals surface area contributed by atoms with Gasteiger partial charge in [0, 0.05) is 5.69 Å². The Bertz CT molecular complexity index is 1180. The predicted octanol–water partition coefficient (Wildman–Crippen LogP) is 4.94. The van der Waals surface area contributed by atoms with Crippen LogP contribution in [0.1, 0.15) is 12.5 Å². The number of carbonyl (C=O) groups is 1. The molecule has 3 rings (SSSR count). The summed E-state index contributed by atoms with van der Waals surface area (Å²) in [5, 5.41) is 2.44. The molecule has 0 aliphatic rings. The topological polar surface area (TPSA) is 75.7 Å². The molecule has 0 bridgehead atoms. The molecule has 0 fully saturated rings. The van der Waals surface area contributed by atoms with Crippen LogP contribution in [0.5, 0.6) is 5.75 Å². The summed E-state index contributed by atoms with van der Waals surface area (Å²) < 4.78 is 71.1. The number of hydrogen-bond acceptors (Lipinski definition) is 4. The van der Waals surface area contributed by atoms with Crippen molar-refractivity contribution >= 4 is 27.3 Å². The highest BCUT2D eigenvalue weighted by Gasteiger charge is 2.30. The molecule has 0 atom stereocenters. The maximum Gasteiger partial charge on any atom is 0.416 e. The van der Waals surface area contributed by atoms with Gasteiger partial charge >= 0.3 is 6.18 Å². The van der Waals surface area contributed by atoms with E-state index < -0.39 is 34.2 Å². The third kappa shape index (κ3) is 6.04. The molecule has 3 aromatic carbocycles. The van der Waals surface area contributed by atoms with Gasteiger partial charge in [-0.2, -0.15) is 13.2 Å². The first-order valence-electron chi connectivity index (χ1n) is 9.89. The average molecular weight is 478 g/mol. The van der Waals surface area contributed by atoms with Crippen LogP contribution in [0.2, 0.25) is 0 Å². The number of rotatable bonds is 8. The normalized spacial score (nSPS) is 11.6. The average Bonchev–Trinajstić information content (AvgIpc) is 2.78. The Morgan fingerprint density at radius 2 is 1.55 bits per heavy atom. The number of nitrogens with one attached hydrogen (secondary N) is 1. The second-order valence-corrected chi connectivity index (χ2v) is 8.74. The summed E-state index contributed by atoms with van der Waals surface area (Å²) in [5.74, 6) is -0.212. The Morgan fingerprint density at radius 1 is 0.939 bits per heavy atom. The smallest absolute Gasteiger partial charge is 0.416 e. The summed E-state index contributed by atoms with van der Waals surface area (Å²) in [7, 11) is -4.13. The molecule has 10 heteroatoms. The number of benzene rings is 3. The van der Waals surface area contributed by atoms with Gasteiger partial charge in [-0.05, 0) is 67.6 Å². The lowest BCUT2D eigenvalue weighted by Gasteiger charge is -2.24. The van der Waals surface area contributed by atoms with E-state index in [-0.39, 0.29) is 16.3 Å². The highest BCUT2D eigenvalue weighted by atomic mass is 32.2. The summed E-state index contributed by atoms with van der Waals surface area (Å²) in [4.78, 5) is 12.6. The number of sulfonamides is 1. The zero-order valence-corrected chi connectivity index (χ0v) is 18.4. The number of alkyl halides is 3. The molecule has 0 aliphatic carbocycles. The number of para-hydroxylation sites is 1. The number of nitrogens with zero attached hydrogens (tertiary/aromatic N) is 1. The van der Waals surface area contributed by atoms with E-state index in [9.17, 15) is 26.4 Å². The van der Waals surface area contributed by atoms with E-state index in [4.69, 9.17) is 4.74 Å². The number of ether oxygens (including phenoxy) is 1. The first kappa shape index (κ1) is 24.1. The molecule has 6 nitrogen and oxygen atoms in total. The number of amides is 1. The first-order chi connectivity index (χ1) is 15.6. The summed E-state index contributed by atoms with van der Waals surface area (Å²) in [6, 6.07) is 17.7. The molecule has 0 aliphatic heterocycles. The summed E-state index contributed by atoms with van der Waals surface area (Å²) in [6.07, 6.45) is -4.50. The van der Waals surface area contributed by atoms with Crippen molar-refractivity contribution in [2.75, 3.05) is 22.8 Å². The third-order valence-corrected chi connectivity index (χ3v) is 6.34. The zero-order valence-electron chi connectivity index (χ0n) is 17.5. The van der Waals surface area contributed by atoms with Crippen LogP contribution < -0.4 is 14.4 Å². The van der Waals surface area contributed by atoms with Crippen molar-refractivity contribution in [2.24, 2.45) is 0 Å². The minimum atomic E-state index is -4.50. The van der Waals surface area contributed by atoms with Crippen LogP contribution in [-0.4, -0.2) is 27.5 Å². The van der Waals surface area contributed by atoms with Gasteiger partial charge in [0.1, 0.15) is 12.3 Å². The van der Waals surface area contributed by atoms with Crippen molar-refractivity contribution in [3.63, 3.8) is 0 Å². The van der Waals surface area contributed by atoms with Gasteiger partial charge in [0.25, 0.3) is 10.0 Å². The van der Waals surface area contributed by atoms with Crippen LogP contribution in [0, 0.1) is 0 Å². The van der Waals surface area contributed by atoms with E-state index in [1.807, 2.05) is 0 Å². The molecule has 0 radical (unpaired) electrons. The van der Waals surface area contributed by atoms with Crippen molar-refractivity contribution in [1.29, 1.82) is 0 Å². The fourth-order valence-electron chi connectivity index (χ4n) is 2.98. The Morgan fingerprint density at radius 3 is 2.09 bits per heavy atom. The molecule has 0 saturated carbocycles. The van der Waals surface area contributed by atoms with Gasteiger partial charge in [-0.15, -0.1) is 0 Å². The quantitative estimate of drug-likeness (QED) is 0.498. The molecule has 174 valence electrons. The second-order valence-electron chi connectivity index (χ2n) is 6.87. The maximum atomic E-state index is 13.3. The van der Waals surface area contributed by atoms with E-state index in [1.165, 1.54) is 36.4 Å². The minimum Gasteiger partial charge on any atom is -0.494 e. The lowest BCUT2D eigenvalue weighted by atomic mass is 10.2. The molecule has 0 heterocycles. The molecule has 3 aromatic rings. The maximum absolute atomic E-state index is 13.3. The van der Waals surface area contributed by atoms with Crippen LogP contribution in [0.4, 0.5) is 24.5 Å². The number of carbonyl (C=O) groups excluding carboxylic acids is 1. The summed E-state index contributed by atoms with van der Waals surface area (Å²) in [6.45, 7) is 1.64. The third-order valence-electron chi connectivity index (χ3n) is 4.55. The van der Waals surface area contributed by atoms with Gasteiger partial charge in [-0.25, -0.2) is 8.42 Å². The van der Waals surface area contributed by atoms with Crippen LogP contribution in [-0.2, 0) is 21.0 Å². The second kappa shape index (κ2) is 9.95. The lowest BCUT2D eigenvalue weighted by Crippen LogP contribution is -2.38. The largest absolute Gasteiger partial charge is 0.494 e. The zero-order chi connectivity index (χ0) is 24.1. The Balaban J connectivity index is 1.84. The Kier molecular flexibility index (Phi) is 7.27. The minimum absolute atomic E-state index is 0.0443. The van der Waals surface area contributed by atoms with Crippen LogP contribution in [0.15, 0.2) is 83.8 Å². The van der Waals surface area contributed by atoms with Gasteiger partial charge in [0.05, 0.1) is 22.8 Å². The van der Waals surface area contributed by atoms with Crippen molar-refractivity contribution in [3.05, 3.63) is 84.4 Å². The van der Waals surface area contributed by atoms with E-state index in [0.717, 1.165) is 28.6 Å². The first-order valence-corrected chi connectivity index (χ1v) is 11.3. The van der Waals surface area contributed by atoms with Crippen LogP contribution in [0.25, 0.3) is 0 Å². The monoisotopic (exact) mass is 478 g/mol. The van der Waals surface area contributed by atoms with Gasteiger partial charge in [-0.1, -0.05) is 18.2 Å². The summed E-state index contributed by atoms with van der Waals surface area (Å²) >= 11 is 0. The Hall–Kier alpha value is -3.53. The molecular weight excluding hydrogens is 457 g/mol. The molecule has 0 aromatic heterocycles. The van der Waals surface area contributed by atoms with Crippen LogP contribution >= 0.6 is 0 Å². The number of anilines is 2. The number of hydrogen-bond donors (Lipinski definition) is 1. The SMILES string of the molecule is CCOc1ccc(S(=O)(=O)N(CC(=O)Nc2ccc(C(F)(F)F)cc2)c2ccccc2)cc1. The van der Waals surface area contributed by atoms with E-state index in [0.29, 0.717) is 12.4 Å². The molecule has 33 heavy (non-hydrogen) atoms. The van der Waals surface area contributed by atoms with E-state index in [2.05, 4.69) is 5.32 Å². The highest BCUT2D eigenvalue weighted by molar-refractivity contribution is 7.92. The molecule has 1 amide bonds. The van der Waals surface area contributed by atoms with E-state index in [1.54, 1.807) is 25.1 Å². The van der Waals surface area contributed by atoms with Crippen molar-refractivity contribution in [3.8, 4) is 5.75 Å². The molecule has 1 N–H and O–H groups in total. The highest BCUT2D eigenvalue weighted by Crippen LogP contribution is 2.30. The van der Waals surface area contributed by atoms with Crippen LogP contribution in [0.3, 0.4) is 0 Å². The van der Waals surface area contributed by atoms with Crippen molar-refractivity contribution in [1.82, 2.24) is 0 Å².